The fourth-order valence-electron chi connectivity index (χ4n) is 2.01. The van der Waals surface area contributed by atoms with Crippen molar-refractivity contribution in [2.45, 2.75) is 32.9 Å². The van der Waals surface area contributed by atoms with Gasteiger partial charge in [0.25, 0.3) is 0 Å². The van der Waals surface area contributed by atoms with Gasteiger partial charge in [0.1, 0.15) is 0 Å². The zero-order valence-corrected chi connectivity index (χ0v) is 11.4. The Balaban J connectivity index is 2.08. The molecule has 5 heteroatoms. The van der Waals surface area contributed by atoms with E-state index in [-0.39, 0.29) is 12.7 Å². The Morgan fingerprint density at radius 2 is 2.11 bits per heavy atom. The van der Waals surface area contributed by atoms with Crippen LogP contribution in [0.2, 0.25) is 0 Å². The SMILES string of the molecule is CCC(N)C(=O)N(CC)Cc1ccc2c(c1)OCO2. The number of nitrogens with two attached hydrogens (primary N) is 1. The summed E-state index contributed by atoms with van der Waals surface area (Å²) in [6, 6.07) is 5.31. The largest absolute Gasteiger partial charge is 0.454 e. The molecule has 5 nitrogen and oxygen atoms in total. The summed E-state index contributed by atoms with van der Waals surface area (Å²) in [5, 5.41) is 0. The highest BCUT2D eigenvalue weighted by molar-refractivity contribution is 5.81. The number of rotatable bonds is 5. The standard InChI is InChI=1S/C14H20N2O3/c1-3-11(15)14(17)16(4-2)8-10-5-6-12-13(7-10)19-9-18-12/h5-7,11H,3-4,8-9,15H2,1-2H3. The van der Waals surface area contributed by atoms with E-state index in [0.29, 0.717) is 19.5 Å². The predicted molar refractivity (Wildman–Crippen MR) is 71.9 cm³/mol. The van der Waals surface area contributed by atoms with E-state index in [2.05, 4.69) is 0 Å². The monoisotopic (exact) mass is 264 g/mol. The molecule has 0 bridgehead atoms. The lowest BCUT2D eigenvalue weighted by Gasteiger charge is -2.24. The number of fused-ring (bicyclic) bond motifs is 1. The molecule has 1 aromatic rings. The van der Waals surface area contributed by atoms with Gasteiger partial charge in [-0.1, -0.05) is 13.0 Å². The molecule has 0 saturated heterocycles. The summed E-state index contributed by atoms with van der Waals surface area (Å²) in [6.07, 6.45) is 0.649. The fraction of sp³-hybridized carbons (Fsp3) is 0.500. The lowest BCUT2D eigenvalue weighted by atomic mass is 10.1. The first-order valence-corrected chi connectivity index (χ1v) is 6.58. The summed E-state index contributed by atoms with van der Waals surface area (Å²) in [6.45, 7) is 5.31. The molecular formula is C14H20N2O3. The molecule has 0 radical (unpaired) electrons. The number of hydrogen-bond acceptors (Lipinski definition) is 4. The molecule has 0 saturated carbocycles. The Bertz CT molecular complexity index is 462. The zero-order chi connectivity index (χ0) is 13.8. The minimum atomic E-state index is -0.422. The van der Waals surface area contributed by atoms with E-state index in [4.69, 9.17) is 15.2 Å². The number of likely N-dealkylation sites (N-methyl/N-ethyl adjacent to an activating group) is 1. The van der Waals surface area contributed by atoms with Gasteiger partial charge in [0.2, 0.25) is 12.7 Å². The van der Waals surface area contributed by atoms with Crippen LogP contribution in [0.15, 0.2) is 18.2 Å². The first kappa shape index (κ1) is 13.7. The Morgan fingerprint density at radius 1 is 1.37 bits per heavy atom. The molecule has 1 amide bonds. The molecule has 2 rings (SSSR count). The summed E-state index contributed by atoms with van der Waals surface area (Å²) < 4.78 is 10.6. The van der Waals surface area contributed by atoms with Crippen LogP contribution in [0, 0.1) is 0 Å². The molecular weight excluding hydrogens is 244 g/mol. The highest BCUT2D eigenvalue weighted by Crippen LogP contribution is 2.32. The van der Waals surface area contributed by atoms with E-state index in [9.17, 15) is 4.79 Å². The highest BCUT2D eigenvalue weighted by Gasteiger charge is 2.20. The molecule has 19 heavy (non-hydrogen) atoms. The smallest absolute Gasteiger partial charge is 0.239 e. The molecule has 0 aliphatic carbocycles. The van der Waals surface area contributed by atoms with Crippen molar-refractivity contribution in [1.29, 1.82) is 0 Å². The van der Waals surface area contributed by atoms with Crippen molar-refractivity contribution in [3.63, 3.8) is 0 Å². The molecule has 0 aromatic heterocycles. The van der Waals surface area contributed by atoms with Gasteiger partial charge < -0.3 is 20.1 Å². The van der Waals surface area contributed by atoms with E-state index >= 15 is 0 Å². The van der Waals surface area contributed by atoms with Crippen molar-refractivity contribution in [3.05, 3.63) is 23.8 Å². The van der Waals surface area contributed by atoms with Gasteiger partial charge in [0, 0.05) is 13.1 Å². The number of benzene rings is 1. The van der Waals surface area contributed by atoms with Crippen LogP contribution < -0.4 is 15.2 Å². The zero-order valence-electron chi connectivity index (χ0n) is 11.4. The highest BCUT2D eigenvalue weighted by atomic mass is 16.7. The first-order chi connectivity index (χ1) is 9.15. The number of hydrogen-bond donors (Lipinski definition) is 1. The molecule has 1 atom stereocenters. The summed E-state index contributed by atoms with van der Waals surface area (Å²) in [7, 11) is 0. The van der Waals surface area contributed by atoms with Gasteiger partial charge in [-0.2, -0.15) is 0 Å². The maximum Gasteiger partial charge on any atom is 0.239 e. The molecule has 0 spiro atoms. The number of ether oxygens (including phenoxy) is 2. The van der Waals surface area contributed by atoms with Crippen LogP contribution in [0.25, 0.3) is 0 Å². The normalized spacial score (nSPS) is 14.3. The fourth-order valence-corrected chi connectivity index (χ4v) is 2.01. The van der Waals surface area contributed by atoms with Crippen molar-refractivity contribution >= 4 is 5.91 Å². The van der Waals surface area contributed by atoms with Crippen LogP contribution in [0.5, 0.6) is 11.5 Å². The third-order valence-corrected chi connectivity index (χ3v) is 3.26. The second-order valence-electron chi connectivity index (χ2n) is 4.55. The molecule has 1 heterocycles. The topological polar surface area (TPSA) is 64.8 Å². The third-order valence-electron chi connectivity index (χ3n) is 3.26. The van der Waals surface area contributed by atoms with E-state index in [1.807, 2.05) is 32.0 Å². The summed E-state index contributed by atoms with van der Waals surface area (Å²) in [5.41, 5.74) is 6.82. The molecule has 1 aliphatic heterocycles. The summed E-state index contributed by atoms with van der Waals surface area (Å²) in [5.74, 6) is 1.48. The Kier molecular flexibility index (Phi) is 4.27. The van der Waals surface area contributed by atoms with Gasteiger partial charge in [-0.3, -0.25) is 4.79 Å². The maximum atomic E-state index is 12.1. The number of amides is 1. The van der Waals surface area contributed by atoms with Gasteiger partial charge in [0.15, 0.2) is 11.5 Å². The van der Waals surface area contributed by atoms with Gasteiger partial charge in [0.05, 0.1) is 6.04 Å². The van der Waals surface area contributed by atoms with Crippen molar-refractivity contribution < 1.29 is 14.3 Å². The Morgan fingerprint density at radius 3 is 2.79 bits per heavy atom. The second-order valence-corrected chi connectivity index (χ2v) is 4.55. The second kappa shape index (κ2) is 5.93. The number of carbonyl (C=O) groups excluding carboxylic acids is 1. The maximum absolute atomic E-state index is 12.1. The van der Waals surface area contributed by atoms with E-state index in [1.165, 1.54) is 0 Å². The minimum absolute atomic E-state index is 0.0114. The minimum Gasteiger partial charge on any atom is -0.454 e. The van der Waals surface area contributed by atoms with E-state index in [1.54, 1.807) is 4.90 Å². The first-order valence-electron chi connectivity index (χ1n) is 6.58. The molecule has 1 aromatic carbocycles. The molecule has 1 unspecified atom stereocenters. The lowest BCUT2D eigenvalue weighted by molar-refractivity contribution is -0.133. The van der Waals surface area contributed by atoms with Gasteiger partial charge >= 0.3 is 0 Å². The van der Waals surface area contributed by atoms with Crippen molar-refractivity contribution in [2.75, 3.05) is 13.3 Å². The van der Waals surface area contributed by atoms with E-state index < -0.39 is 6.04 Å². The van der Waals surface area contributed by atoms with Crippen molar-refractivity contribution in [3.8, 4) is 11.5 Å². The summed E-state index contributed by atoms with van der Waals surface area (Å²) >= 11 is 0. The van der Waals surface area contributed by atoms with Crippen molar-refractivity contribution in [2.24, 2.45) is 5.73 Å². The third kappa shape index (κ3) is 2.98. The Hall–Kier alpha value is -1.75. The van der Waals surface area contributed by atoms with Crippen LogP contribution in [0.4, 0.5) is 0 Å². The number of nitrogens with zero attached hydrogens (tertiary/aromatic N) is 1. The van der Waals surface area contributed by atoms with Crippen molar-refractivity contribution in [1.82, 2.24) is 4.90 Å². The van der Waals surface area contributed by atoms with Crippen LogP contribution in [-0.2, 0) is 11.3 Å². The van der Waals surface area contributed by atoms with Crippen LogP contribution >= 0.6 is 0 Å². The van der Waals surface area contributed by atoms with Crippen LogP contribution in [-0.4, -0.2) is 30.2 Å². The van der Waals surface area contributed by atoms with Crippen LogP contribution in [0.1, 0.15) is 25.8 Å². The predicted octanol–water partition coefficient (Wildman–Crippen LogP) is 1.50. The molecule has 104 valence electrons. The van der Waals surface area contributed by atoms with Gasteiger partial charge in [-0.15, -0.1) is 0 Å². The van der Waals surface area contributed by atoms with Crippen LogP contribution in [0.3, 0.4) is 0 Å². The molecule has 0 fully saturated rings. The van der Waals surface area contributed by atoms with Gasteiger partial charge in [-0.05, 0) is 31.0 Å². The molecule has 1 aliphatic rings. The van der Waals surface area contributed by atoms with Gasteiger partial charge in [-0.25, -0.2) is 0 Å². The lowest BCUT2D eigenvalue weighted by Crippen LogP contribution is -2.42. The average molecular weight is 264 g/mol. The quantitative estimate of drug-likeness (QED) is 0.875. The van der Waals surface area contributed by atoms with E-state index in [0.717, 1.165) is 17.1 Å². The molecule has 2 N–H and O–H groups in total. The summed E-state index contributed by atoms with van der Waals surface area (Å²) in [4.78, 5) is 13.8. The average Bonchev–Trinajstić information content (AvgIpc) is 2.90. The Labute approximate surface area is 113 Å². The number of carbonyl (C=O) groups is 1.